The number of nitrogens with zero attached hydrogens (tertiary/aromatic N) is 2. The van der Waals surface area contributed by atoms with Gasteiger partial charge in [0, 0.05) is 42.3 Å². The maximum Gasteiger partial charge on any atom is 0.272 e. The lowest BCUT2D eigenvalue weighted by atomic mass is 10.1. The summed E-state index contributed by atoms with van der Waals surface area (Å²) in [5, 5.41) is 5.03. The van der Waals surface area contributed by atoms with E-state index in [0.29, 0.717) is 29.3 Å². The molecule has 0 saturated carbocycles. The third kappa shape index (κ3) is 7.83. The van der Waals surface area contributed by atoms with Crippen molar-refractivity contribution < 1.29 is 23.9 Å². The van der Waals surface area contributed by atoms with Crippen molar-refractivity contribution in [3.63, 3.8) is 0 Å². The lowest BCUT2D eigenvalue weighted by Crippen LogP contribution is -2.31. The fraction of sp³-hybridized carbons (Fsp3) is 0.167. The largest absolute Gasteiger partial charge is 0.494 e. The summed E-state index contributed by atoms with van der Waals surface area (Å²) in [5.41, 5.74) is 3.26. The highest BCUT2D eigenvalue weighted by Gasteiger charge is 2.40. The van der Waals surface area contributed by atoms with Crippen LogP contribution >= 0.6 is 11.8 Å². The molecule has 0 aromatic heterocycles. The summed E-state index contributed by atoms with van der Waals surface area (Å²) < 4.78 is 5.46. The fourth-order valence-electron chi connectivity index (χ4n) is 4.78. The van der Waals surface area contributed by atoms with Crippen LogP contribution in [0.2, 0.25) is 0 Å². The minimum Gasteiger partial charge on any atom is -0.494 e. The van der Waals surface area contributed by atoms with Crippen LogP contribution < -0.4 is 25.2 Å². The molecule has 0 radical (unpaired) electrons. The molecule has 0 aliphatic carbocycles. The molecule has 5 rings (SSSR count). The Morgan fingerprint density at radius 1 is 0.913 bits per heavy atom. The maximum absolute atomic E-state index is 13.4. The first kappa shape index (κ1) is 32.1. The van der Waals surface area contributed by atoms with Crippen LogP contribution in [-0.2, 0) is 14.4 Å². The SMILES string of the molecule is CCOc1ccc(N2C(=O)CC(Sc3ccc(NC(=O)/C(=C/c4ccc(N(C)C)cc4)NC(=O)c4ccccc4)cc3)C2=O)cc1. The van der Waals surface area contributed by atoms with E-state index in [-0.39, 0.29) is 23.9 Å². The molecule has 4 amide bonds. The highest BCUT2D eigenvalue weighted by atomic mass is 32.2. The van der Waals surface area contributed by atoms with Gasteiger partial charge in [-0.3, -0.25) is 19.2 Å². The predicted molar refractivity (Wildman–Crippen MR) is 182 cm³/mol. The van der Waals surface area contributed by atoms with Gasteiger partial charge >= 0.3 is 0 Å². The van der Waals surface area contributed by atoms with Crippen LogP contribution in [-0.4, -0.2) is 49.6 Å². The molecule has 0 bridgehead atoms. The summed E-state index contributed by atoms with van der Waals surface area (Å²) >= 11 is 1.30. The van der Waals surface area contributed by atoms with Crippen molar-refractivity contribution >= 4 is 58.5 Å². The third-order valence-corrected chi connectivity index (χ3v) is 8.35. The van der Waals surface area contributed by atoms with Gasteiger partial charge < -0.3 is 20.3 Å². The summed E-state index contributed by atoms with van der Waals surface area (Å²) in [5.74, 6) is -0.774. The Bertz CT molecular complexity index is 1740. The Hall–Kier alpha value is -5.35. The standard InChI is InChI=1S/C36H34N4O5S/c1-4-45-29-18-16-28(17-19-29)40-33(41)23-32(36(40)44)46-30-20-12-26(13-21-30)37-35(43)31(38-34(42)25-8-6-5-7-9-25)22-24-10-14-27(15-11-24)39(2)3/h5-22,32H,4,23H2,1-3H3,(H,37,43)(H,38,42)/b31-22-. The molecular formula is C36H34N4O5S. The predicted octanol–water partition coefficient (Wildman–Crippen LogP) is 5.99. The highest BCUT2D eigenvalue weighted by Crippen LogP contribution is 2.35. The number of imide groups is 1. The average Bonchev–Trinajstić information content (AvgIpc) is 3.34. The van der Waals surface area contributed by atoms with Gasteiger partial charge in [0.05, 0.1) is 17.5 Å². The number of hydrogen-bond donors (Lipinski definition) is 2. The Morgan fingerprint density at radius 2 is 1.59 bits per heavy atom. The van der Waals surface area contributed by atoms with E-state index in [1.165, 1.54) is 16.7 Å². The van der Waals surface area contributed by atoms with E-state index in [4.69, 9.17) is 4.74 Å². The number of anilines is 3. The van der Waals surface area contributed by atoms with Crippen molar-refractivity contribution in [2.75, 3.05) is 35.8 Å². The molecule has 1 atom stereocenters. The molecule has 1 heterocycles. The van der Waals surface area contributed by atoms with E-state index in [1.807, 2.05) is 56.3 Å². The molecule has 1 aliphatic rings. The van der Waals surface area contributed by atoms with Crippen molar-refractivity contribution in [2.45, 2.75) is 23.5 Å². The molecule has 1 fully saturated rings. The van der Waals surface area contributed by atoms with E-state index >= 15 is 0 Å². The molecule has 10 heteroatoms. The van der Waals surface area contributed by atoms with Crippen LogP contribution in [0.4, 0.5) is 17.1 Å². The third-order valence-electron chi connectivity index (χ3n) is 7.15. The second kappa shape index (κ2) is 14.6. The van der Waals surface area contributed by atoms with E-state index in [1.54, 1.807) is 78.9 Å². The first-order valence-electron chi connectivity index (χ1n) is 14.7. The molecule has 234 valence electrons. The number of hydrogen-bond acceptors (Lipinski definition) is 7. The number of benzene rings is 4. The lowest BCUT2D eigenvalue weighted by Gasteiger charge is -2.15. The molecule has 1 aliphatic heterocycles. The minimum absolute atomic E-state index is 0.0781. The van der Waals surface area contributed by atoms with Crippen LogP contribution in [0.1, 0.15) is 29.3 Å². The molecule has 1 unspecified atom stereocenters. The number of carbonyl (C=O) groups excluding carboxylic acids is 4. The second-order valence-corrected chi connectivity index (χ2v) is 11.9. The van der Waals surface area contributed by atoms with Crippen molar-refractivity contribution in [3.05, 3.63) is 120 Å². The molecule has 1 saturated heterocycles. The van der Waals surface area contributed by atoms with Gasteiger partial charge in [-0.05, 0) is 91.4 Å². The van der Waals surface area contributed by atoms with Crippen LogP contribution in [0.25, 0.3) is 6.08 Å². The lowest BCUT2D eigenvalue weighted by molar-refractivity contribution is -0.121. The van der Waals surface area contributed by atoms with Crippen molar-refractivity contribution in [1.82, 2.24) is 5.32 Å². The topological polar surface area (TPSA) is 108 Å². The van der Waals surface area contributed by atoms with Gasteiger partial charge in [0.1, 0.15) is 11.4 Å². The van der Waals surface area contributed by atoms with E-state index in [2.05, 4.69) is 10.6 Å². The molecular weight excluding hydrogens is 600 g/mol. The summed E-state index contributed by atoms with van der Waals surface area (Å²) in [6.45, 7) is 2.41. The monoisotopic (exact) mass is 634 g/mol. The molecule has 46 heavy (non-hydrogen) atoms. The van der Waals surface area contributed by atoms with Gasteiger partial charge in [-0.1, -0.05) is 30.3 Å². The van der Waals surface area contributed by atoms with Gasteiger partial charge in [-0.2, -0.15) is 0 Å². The van der Waals surface area contributed by atoms with Gasteiger partial charge in [0.15, 0.2) is 0 Å². The summed E-state index contributed by atoms with van der Waals surface area (Å²) in [6, 6.07) is 30.1. The number of carbonyl (C=O) groups is 4. The Balaban J connectivity index is 1.27. The van der Waals surface area contributed by atoms with Crippen LogP contribution in [0.3, 0.4) is 0 Å². The van der Waals surface area contributed by atoms with Gasteiger partial charge in [0.2, 0.25) is 11.8 Å². The average molecular weight is 635 g/mol. The highest BCUT2D eigenvalue weighted by molar-refractivity contribution is 8.00. The first-order chi connectivity index (χ1) is 22.2. The van der Waals surface area contributed by atoms with Crippen LogP contribution in [0.5, 0.6) is 5.75 Å². The Labute approximate surface area is 272 Å². The first-order valence-corrected chi connectivity index (χ1v) is 15.6. The molecule has 4 aromatic carbocycles. The van der Waals surface area contributed by atoms with E-state index in [0.717, 1.165) is 16.1 Å². The number of nitrogens with one attached hydrogen (secondary N) is 2. The summed E-state index contributed by atoms with van der Waals surface area (Å²) in [4.78, 5) is 56.3. The van der Waals surface area contributed by atoms with Gasteiger partial charge in [-0.15, -0.1) is 11.8 Å². The number of amides is 4. The zero-order valence-corrected chi connectivity index (χ0v) is 26.5. The summed E-state index contributed by atoms with van der Waals surface area (Å²) in [6.07, 6.45) is 1.71. The zero-order valence-electron chi connectivity index (χ0n) is 25.7. The summed E-state index contributed by atoms with van der Waals surface area (Å²) in [7, 11) is 3.88. The minimum atomic E-state index is -0.568. The maximum atomic E-state index is 13.4. The van der Waals surface area contributed by atoms with Crippen LogP contribution in [0, 0.1) is 0 Å². The molecule has 9 nitrogen and oxygen atoms in total. The van der Waals surface area contributed by atoms with Crippen molar-refractivity contribution in [2.24, 2.45) is 0 Å². The van der Waals surface area contributed by atoms with Crippen molar-refractivity contribution in [1.29, 1.82) is 0 Å². The van der Waals surface area contributed by atoms with E-state index < -0.39 is 17.1 Å². The molecule has 4 aromatic rings. The Kier molecular flexibility index (Phi) is 10.2. The fourth-order valence-corrected chi connectivity index (χ4v) is 5.84. The van der Waals surface area contributed by atoms with Gasteiger partial charge in [-0.25, -0.2) is 4.90 Å². The number of thioether (sulfide) groups is 1. The van der Waals surface area contributed by atoms with Crippen molar-refractivity contribution in [3.8, 4) is 5.75 Å². The van der Waals surface area contributed by atoms with Gasteiger partial charge in [0.25, 0.3) is 11.8 Å². The van der Waals surface area contributed by atoms with E-state index in [9.17, 15) is 19.2 Å². The quantitative estimate of drug-likeness (QED) is 0.154. The zero-order chi connectivity index (χ0) is 32.6. The Morgan fingerprint density at radius 3 is 2.22 bits per heavy atom. The number of ether oxygens (including phenoxy) is 1. The second-order valence-electron chi connectivity index (χ2n) is 10.6. The number of rotatable bonds is 11. The normalized spacial score (nSPS) is 14.6. The molecule has 2 N–H and O–H groups in total. The van der Waals surface area contributed by atoms with Crippen LogP contribution in [0.15, 0.2) is 114 Å². The smallest absolute Gasteiger partial charge is 0.272 e. The molecule has 0 spiro atoms.